The van der Waals surface area contributed by atoms with Crippen LogP contribution in [0.4, 0.5) is 0 Å². The van der Waals surface area contributed by atoms with Gasteiger partial charge in [0.15, 0.2) is 0 Å². The smallest absolute Gasteiger partial charge is 0.286 e. The Morgan fingerprint density at radius 3 is 2.29 bits per heavy atom. The van der Waals surface area contributed by atoms with Crippen molar-refractivity contribution < 1.29 is 4.79 Å². The van der Waals surface area contributed by atoms with Gasteiger partial charge < -0.3 is 5.32 Å². The second-order valence-corrected chi connectivity index (χ2v) is 9.39. The molecule has 2 heterocycles. The van der Waals surface area contributed by atoms with Crippen LogP contribution in [0.15, 0.2) is 58.7 Å². The first kappa shape index (κ1) is 24.0. The monoisotopic (exact) mass is 458 g/mol. The number of fused-ring (bicyclic) bond motifs is 1. The minimum absolute atomic E-state index is 0.111. The minimum Gasteiger partial charge on any atom is -0.363 e. The Morgan fingerprint density at radius 2 is 1.62 bits per heavy atom. The maximum Gasteiger partial charge on any atom is 0.286 e. The molecule has 2 aliphatic heterocycles. The summed E-state index contributed by atoms with van der Waals surface area (Å²) >= 11 is 0. The first-order chi connectivity index (χ1) is 16.5. The molecule has 0 aromatic heterocycles. The van der Waals surface area contributed by atoms with E-state index in [1.165, 1.54) is 16.8 Å². The van der Waals surface area contributed by atoms with E-state index < -0.39 is 5.91 Å². The van der Waals surface area contributed by atoms with Gasteiger partial charge in [-0.2, -0.15) is 0 Å². The first-order valence-corrected chi connectivity index (χ1v) is 12.4. The van der Waals surface area contributed by atoms with Crippen LogP contribution in [-0.2, 0) is 4.79 Å². The SMILES string of the molecule is Cc1ccc(C2=C(c3ccc(C)cc3)NC3C(=N2)CCCN3CCCCCCC(=O)N=O)cc1. The summed E-state index contributed by atoms with van der Waals surface area (Å²) in [6, 6.07) is 17.3. The number of rotatable bonds is 9. The van der Waals surface area contributed by atoms with E-state index in [1.807, 2.05) is 0 Å². The Labute approximate surface area is 202 Å². The van der Waals surface area contributed by atoms with E-state index in [9.17, 15) is 9.70 Å². The fraction of sp³-hybridized carbons (Fsp3) is 0.429. The molecule has 2 aromatic rings. The average Bonchev–Trinajstić information content (AvgIpc) is 2.86. The van der Waals surface area contributed by atoms with Crippen molar-refractivity contribution in [2.45, 2.75) is 65.0 Å². The number of nitrogens with one attached hydrogen (secondary N) is 1. The highest BCUT2D eigenvalue weighted by molar-refractivity contribution is 6.03. The number of benzene rings is 2. The molecular formula is C28H34N4O2. The van der Waals surface area contributed by atoms with E-state index >= 15 is 0 Å². The van der Waals surface area contributed by atoms with Crippen LogP contribution in [0.1, 0.15) is 67.2 Å². The fourth-order valence-corrected chi connectivity index (χ4v) is 4.73. The standard InChI is InChI=1S/C28H34N4O2/c1-20-10-14-22(15-11-20)26-27(23-16-12-21(2)13-17-23)30-28-24(29-26)8-7-19-32(28)18-6-4-3-5-9-25(33)31-34/h10-17,28,30H,3-9,18-19H2,1-2H3. The molecule has 1 N–H and O–H groups in total. The zero-order valence-corrected chi connectivity index (χ0v) is 20.2. The van der Waals surface area contributed by atoms with Crippen molar-refractivity contribution in [1.82, 2.24) is 10.2 Å². The Kier molecular flexibility index (Phi) is 8.01. The molecule has 1 amide bonds. The van der Waals surface area contributed by atoms with Crippen LogP contribution in [0.5, 0.6) is 0 Å². The van der Waals surface area contributed by atoms with E-state index in [0.29, 0.717) is 0 Å². The first-order valence-electron chi connectivity index (χ1n) is 12.4. The molecule has 6 heteroatoms. The zero-order valence-electron chi connectivity index (χ0n) is 20.2. The number of aryl methyl sites for hydroxylation is 2. The van der Waals surface area contributed by atoms with Crippen molar-refractivity contribution >= 4 is 23.0 Å². The molecular weight excluding hydrogens is 424 g/mol. The molecule has 1 saturated heterocycles. The molecule has 0 aliphatic carbocycles. The van der Waals surface area contributed by atoms with Gasteiger partial charge >= 0.3 is 0 Å². The molecule has 34 heavy (non-hydrogen) atoms. The highest BCUT2D eigenvalue weighted by atomic mass is 16.3. The molecule has 0 bridgehead atoms. The van der Waals surface area contributed by atoms with Crippen molar-refractivity contribution in [3.63, 3.8) is 0 Å². The Morgan fingerprint density at radius 1 is 0.971 bits per heavy atom. The Balaban J connectivity index is 1.51. The molecule has 0 radical (unpaired) electrons. The molecule has 1 fully saturated rings. The summed E-state index contributed by atoms with van der Waals surface area (Å²) in [6.45, 7) is 6.25. The lowest BCUT2D eigenvalue weighted by atomic mass is 9.97. The zero-order chi connectivity index (χ0) is 23.9. The normalized spacial score (nSPS) is 18.2. The number of unbranched alkanes of at least 4 members (excludes halogenated alkanes) is 3. The summed E-state index contributed by atoms with van der Waals surface area (Å²) in [5, 5.41) is 6.33. The second-order valence-electron chi connectivity index (χ2n) is 9.39. The number of piperidine rings is 1. The van der Waals surface area contributed by atoms with E-state index in [4.69, 9.17) is 4.99 Å². The summed E-state index contributed by atoms with van der Waals surface area (Å²) < 4.78 is 0. The Hall–Kier alpha value is -3.12. The molecule has 0 saturated carbocycles. The van der Waals surface area contributed by atoms with Crippen LogP contribution in [0.2, 0.25) is 0 Å². The molecule has 1 unspecified atom stereocenters. The number of hydrogen-bond donors (Lipinski definition) is 1. The van der Waals surface area contributed by atoms with Gasteiger partial charge in [-0.25, -0.2) is 0 Å². The quantitative estimate of drug-likeness (QED) is 0.378. The lowest BCUT2D eigenvalue weighted by Crippen LogP contribution is -2.55. The van der Waals surface area contributed by atoms with Gasteiger partial charge in [-0.05, 0) is 45.1 Å². The molecule has 6 nitrogen and oxygen atoms in total. The van der Waals surface area contributed by atoms with Crippen molar-refractivity contribution in [1.29, 1.82) is 0 Å². The van der Waals surface area contributed by atoms with Gasteiger partial charge in [0.05, 0.1) is 17.1 Å². The highest BCUT2D eigenvalue weighted by Crippen LogP contribution is 2.33. The predicted octanol–water partition coefficient (Wildman–Crippen LogP) is 5.84. The molecule has 0 spiro atoms. The summed E-state index contributed by atoms with van der Waals surface area (Å²) in [7, 11) is 0. The fourth-order valence-electron chi connectivity index (χ4n) is 4.73. The van der Waals surface area contributed by atoms with Crippen LogP contribution in [0, 0.1) is 18.8 Å². The third kappa shape index (κ3) is 5.86. The Bertz CT molecular complexity index is 1070. The van der Waals surface area contributed by atoms with Crippen molar-refractivity contribution in [3.05, 3.63) is 75.7 Å². The van der Waals surface area contributed by atoms with Crippen molar-refractivity contribution in [2.24, 2.45) is 10.2 Å². The summed E-state index contributed by atoms with van der Waals surface area (Å²) in [4.78, 5) is 29.0. The van der Waals surface area contributed by atoms with Crippen molar-refractivity contribution in [2.75, 3.05) is 13.1 Å². The van der Waals surface area contributed by atoms with Gasteiger partial charge in [-0.1, -0.05) is 72.5 Å². The van der Waals surface area contributed by atoms with Gasteiger partial charge in [0.25, 0.3) is 5.91 Å². The molecule has 2 aliphatic rings. The molecule has 4 rings (SSSR count). The van der Waals surface area contributed by atoms with E-state index in [2.05, 4.69) is 77.8 Å². The minimum atomic E-state index is -0.539. The van der Waals surface area contributed by atoms with Gasteiger partial charge in [0, 0.05) is 30.3 Å². The molecule has 1 atom stereocenters. The lowest BCUT2D eigenvalue weighted by molar-refractivity contribution is -0.118. The summed E-state index contributed by atoms with van der Waals surface area (Å²) in [5.74, 6) is -0.539. The van der Waals surface area contributed by atoms with Gasteiger partial charge in [-0.3, -0.25) is 14.7 Å². The number of likely N-dealkylation sites (tertiary alicyclic amines) is 1. The maximum absolute atomic E-state index is 11.0. The maximum atomic E-state index is 11.0. The van der Waals surface area contributed by atoms with E-state index in [-0.39, 0.29) is 12.6 Å². The molecule has 2 aromatic carbocycles. The predicted molar refractivity (Wildman–Crippen MR) is 138 cm³/mol. The highest BCUT2D eigenvalue weighted by Gasteiger charge is 2.32. The average molecular weight is 459 g/mol. The number of aliphatic imine (C=N–C) groups is 1. The molecule has 178 valence electrons. The lowest BCUT2D eigenvalue weighted by Gasteiger charge is -2.41. The largest absolute Gasteiger partial charge is 0.363 e. The number of amides is 1. The van der Waals surface area contributed by atoms with Crippen LogP contribution in [0.3, 0.4) is 0 Å². The summed E-state index contributed by atoms with van der Waals surface area (Å²) in [6.07, 6.45) is 6.27. The van der Waals surface area contributed by atoms with E-state index in [1.54, 1.807) is 0 Å². The van der Waals surface area contributed by atoms with Crippen LogP contribution in [-0.4, -0.2) is 35.8 Å². The van der Waals surface area contributed by atoms with Crippen molar-refractivity contribution in [3.8, 4) is 0 Å². The topological polar surface area (TPSA) is 74.1 Å². The van der Waals surface area contributed by atoms with E-state index in [0.717, 1.165) is 74.1 Å². The number of carbonyl (C=O) groups is 1. The number of hydrogen-bond acceptors (Lipinski definition) is 5. The van der Waals surface area contributed by atoms with Crippen LogP contribution < -0.4 is 5.32 Å². The number of carbonyl (C=O) groups excluding carboxylic acids is 1. The third-order valence-corrected chi connectivity index (χ3v) is 6.69. The number of nitrogens with zero attached hydrogens (tertiary/aromatic N) is 3. The number of nitroso groups, excluding NO2 is 1. The van der Waals surface area contributed by atoms with Gasteiger partial charge in [0.2, 0.25) is 0 Å². The van der Waals surface area contributed by atoms with Gasteiger partial charge in [0.1, 0.15) is 6.17 Å². The van der Waals surface area contributed by atoms with Crippen LogP contribution >= 0.6 is 0 Å². The van der Waals surface area contributed by atoms with Crippen LogP contribution in [0.25, 0.3) is 11.4 Å². The summed E-state index contributed by atoms with van der Waals surface area (Å²) in [5.41, 5.74) is 8.09. The second kappa shape index (κ2) is 11.3. The third-order valence-electron chi connectivity index (χ3n) is 6.69. The van der Waals surface area contributed by atoms with Gasteiger partial charge in [-0.15, -0.1) is 4.91 Å².